The second-order valence-electron chi connectivity index (χ2n) is 6.84. The lowest BCUT2D eigenvalue weighted by Gasteiger charge is -2.17. The highest BCUT2D eigenvalue weighted by Gasteiger charge is 2.32. The summed E-state index contributed by atoms with van der Waals surface area (Å²) in [5.74, 6) is 2.03. The van der Waals surface area contributed by atoms with E-state index in [1.807, 2.05) is 39.8 Å². The van der Waals surface area contributed by atoms with E-state index in [9.17, 15) is 9.59 Å². The number of carbonyl (C=O) groups is 1. The van der Waals surface area contributed by atoms with E-state index < -0.39 is 0 Å². The summed E-state index contributed by atoms with van der Waals surface area (Å²) in [6.07, 6.45) is 0.796. The normalized spacial score (nSPS) is 17.2. The van der Waals surface area contributed by atoms with Gasteiger partial charge in [0.2, 0.25) is 5.95 Å². The third kappa shape index (κ3) is 3.18. The number of furan rings is 1. The molecule has 3 rings (SSSR count). The van der Waals surface area contributed by atoms with Crippen molar-refractivity contribution >= 4 is 11.9 Å². The van der Waals surface area contributed by atoms with Crippen LogP contribution in [0.1, 0.15) is 45.5 Å². The van der Waals surface area contributed by atoms with Crippen molar-refractivity contribution in [2.45, 2.75) is 33.1 Å². The van der Waals surface area contributed by atoms with Crippen LogP contribution in [0.25, 0.3) is 0 Å². The third-order valence-electron chi connectivity index (χ3n) is 4.84. The summed E-state index contributed by atoms with van der Waals surface area (Å²) in [6.45, 7) is 6.81. The lowest BCUT2D eigenvalue weighted by molar-refractivity contribution is 0.0788. The molecule has 0 radical (unpaired) electrons. The molecule has 2 aromatic heterocycles. The van der Waals surface area contributed by atoms with Crippen molar-refractivity contribution in [2.75, 3.05) is 32.1 Å². The number of aryl methyl sites for hydroxylation is 2. The first-order valence-electron chi connectivity index (χ1n) is 8.42. The van der Waals surface area contributed by atoms with Gasteiger partial charge in [-0.15, -0.1) is 0 Å². The zero-order valence-electron chi connectivity index (χ0n) is 15.3. The molecule has 1 fully saturated rings. The van der Waals surface area contributed by atoms with E-state index in [0.29, 0.717) is 30.4 Å². The van der Waals surface area contributed by atoms with Crippen LogP contribution < -0.4 is 10.5 Å². The number of carbonyl (C=O) groups excluding carboxylic acids is 1. The van der Waals surface area contributed by atoms with Crippen molar-refractivity contribution in [2.24, 2.45) is 0 Å². The Morgan fingerprint density at radius 1 is 1.32 bits per heavy atom. The number of anilines is 1. The van der Waals surface area contributed by atoms with Gasteiger partial charge in [-0.3, -0.25) is 14.6 Å². The highest BCUT2D eigenvalue weighted by atomic mass is 16.3. The van der Waals surface area contributed by atoms with Gasteiger partial charge in [0, 0.05) is 44.7 Å². The summed E-state index contributed by atoms with van der Waals surface area (Å²) >= 11 is 0. The average Bonchev–Trinajstić information content (AvgIpc) is 3.12. The minimum atomic E-state index is -0.171. The van der Waals surface area contributed by atoms with Crippen LogP contribution in [-0.2, 0) is 0 Å². The van der Waals surface area contributed by atoms with E-state index in [-0.39, 0.29) is 17.4 Å². The van der Waals surface area contributed by atoms with Crippen molar-refractivity contribution in [3.05, 3.63) is 44.8 Å². The Hall–Kier alpha value is -2.57. The molecular weight excluding hydrogens is 320 g/mol. The molecule has 0 bridgehead atoms. The van der Waals surface area contributed by atoms with E-state index in [0.717, 1.165) is 23.4 Å². The fourth-order valence-electron chi connectivity index (χ4n) is 3.34. The molecule has 7 nitrogen and oxygen atoms in total. The molecule has 1 atom stereocenters. The summed E-state index contributed by atoms with van der Waals surface area (Å²) in [5, 5.41) is 0. The summed E-state index contributed by atoms with van der Waals surface area (Å²) in [5.41, 5.74) is 2.12. The molecule has 7 heteroatoms. The van der Waals surface area contributed by atoms with Gasteiger partial charge < -0.3 is 14.2 Å². The highest BCUT2D eigenvalue weighted by molar-refractivity contribution is 5.97. The van der Waals surface area contributed by atoms with E-state index in [1.165, 1.54) is 6.07 Å². The van der Waals surface area contributed by atoms with Gasteiger partial charge in [-0.25, -0.2) is 4.98 Å². The molecule has 0 aromatic carbocycles. The van der Waals surface area contributed by atoms with Crippen LogP contribution in [0.2, 0.25) is 0 Å². The van der Waals surface area contributed by atoms with Gasteiger partial charge in [-0.2, -0.15) is 0 Å². The van der Waals surface area contributed by atoms with Gasteiger partial charge in [0.25, 0.3) is 11.5 Å². The number of likely N-dealkylation sites (tertiary alicyclic amines) is 1. The number of H-pyrrole nitrogens is 1. The molecule has 2 aromatic rings. The van der Waals surface area contributed by atoms with E-state index in [4.69, 9.17) is 4.42 Å². The van der Waals surface area contributed by atoms with Crippen LogP contribution >= 0.6 is 0 Å². The van der Waals surface area contributed by atoms with E-state index in [2.05, 4.69) is 9.97 Å². The predicted molar refractivity (Wildman–Crippen MR) is 95.4 cm³/mol. The number of hydrogen-bond acceptors (Lipinski definition) is 5. The van der Waals surface area contributed by atoms with E-state index in [1.54, 1.807) is 4.90 Å². The zero-order chi connectivity index (χ0) is 18.3. The van der Waals surface area contributed by atoms with Crippen LogP contribution in [-0.4, -0.2) is 48.0 Å². The first-order chi connectivity index (χ1) is 11.8. The molecule has 1 N–H and O–H groups in total. The number of hydrogen-bond donors (Lipinski definition) is 1. The van der Waals surface area contributed by atoms with Crippen LogP contribution in [0, 0.1) is 20.8 Å². The molecule has 1 aliphatic rings. The first-order valence-corrected chi connectivity index (χ1v) is 8.42. The number of aromatic amines is 1. The van der Waals surface area contributed by atoms with Crippen LogP contribution in [0.3, 0.4) is 0 Å². The molecule has 1 unspecified atom stereocenters. The van der Waals surface area contributed by atoms with Gasteiger partial charge in [0.1, 0.15) is 11.5 Å². The minimum absolute atomic E-state index is 0.00739. The quantitative estimate of drug-likeness (QED) is 0.921. The summed E-state index contributed by atoms with van der Waals surface area (Å²) in [7, 11) is 3.67. The predicted octanol–water partition coefficient (Wildman–Crippen LogP) is 1.98. The Morgan fingerprint density at radius 2 is 2.04 bits per heavy atom. The van der Waals surface area contributed by atoms with Gasteiger partial charge in [0.15, 0.2) is 0 Å². The lowest BCUT2D eigenvalue weighted by Crippen LogP contribution is -2.29. The Bertz CT molecular complexity index is 866. The van der Waals surface area contributed by atoms with Gasteiger partial charge in [-0.1, -0.05) is 0 Å². The fraction of sp³-hybridized carbons (Fsp3) is 0.500. The number of nitrogens with zero attached hydrogens (tertiary/aromatic N) is 3. The van der Waals surface area contributed by atoms with Crippen molar-refractivity contribution in [1.29, 1.82) is 0 Å². The van der Waals surface area contributed by atoms with Crippen molar-refractivity contribution in [3.8, 4) is 0 Å². The van der Waals surface area contributed by atoms with Crippen molar-refractivity contribution in [3.63, 3.8) is 0 Å². The molecule has 1 amide bonds. The molecule has 134 valence electrons. The second kappa shape index (κ2) is 6.38. The van der Waals surface area contributed by atoms with Crippen molar-refractivity contribution < 1.29 is 9.21 Å². The topological polar surface area (TPSA) is 82.4 Å². The summed E-state index contributed by atoms with van der Waals surface area (Å²) < 4.78 is 5.58. The standard InChI is InChI=1S/C18H24N4O3/c1-10-11(2)25-12(3)16(10)17(24)22-7-6-13(9-22)14-8-15(23)20-18(19-14)21(4)5/h8,13H,6-7,9H2,1-5H3,(H,19,20,23). The third-order valence-corrected chi connectivity index (χ3v) is 4.84. The average molecular weight is 344 g/mol. The Kier molecular flexibility index (Phi) is 4.41. The van der Waals surface area contributed by atoms with Crippen molar-refractivity contribution in [1.82, 2.24) is 14.9 Å². The molecule has 1 aliphatic heterocycles. The van der Waals surface area contributed by atoms with Crippen LogP contribution in [0.4, 0.5) is 5.95 Å². The summed E-state index contributed by atoms with van der Waals surface area (Å²) in [4.78, 5) is 35.6. The SMILES string of the molecule is Cc1oc(C)c(C(=O)N2CCC(c3cc(=O)[nH]c(N(C)C)n3)C2)c1C. The monoisotopic (exact) mass is 344 g/mol. The van der Waals surface area contributed by atoms with Gasteiger partial charge in [0.05, 0.1) is 11.3 Å². The van der Waals surface area contributed by atoms with Crippen LogP contribution in [0.15, 0.2) is 15.3 Å². The maximum Gasteiger partial charge on any atom is 0.257 e. The Morgan fingerprint density at radius 3 is 2.64 bits per heavy atom. The first kappa shape index (κ1) is 17.3. The molecule has 0 aliphatic carbocycles. The maximum absolute atomic E-state index is 12.9. The Balaban J connectivity index is 1.82. The number of aromatic nitrogens is 2. The molecule has 0 saturated carbocycles. The molecule has 1 saturated heterocycles. The second-order valence-corrected chi connectivity index (χ2v) is 6.84. The zero-order valence-corrected chi connectivity index (χ0v) is 15.3. The molecule has 3 heterocycles. The van der Waals surface area contributed by atoms with Gasteiger partial charge in [-0.05, 0) is 27.2 Å². The molecule has 0 spiro atoms. The number of amides is 1. The van der Waals surface area contributed by atoms with E-state index >= 15 is 0 Å². The molecule has 25 heavy (non-hydrogen) atoms. The number of rotatable bonds is 3. The fourth-order valence-corrected chi connectivity index (χ4v) is 3.34. The number of nitrogens with one attached hydrogen (secondary N) is 1. The smallest absolute Gasteiger partial charge is 0.257 e. The van der Waals surface area contributed by atoms with Gasteiger partial charge >= 0.3 is 0 Å². The lowest BCUT2D eigenvalue weighted by atomic mass is 10.0. The minimum Gasteiger partial charge on any atom is -0.466 e. The molecular formula is C18H24N4O3. The largest absolute Gasteiger partial charge is 0.466 e. The van der Waals surface area contributed by atoms with Crippen LogP contribution in [0.5, 0.6) is 0 Å². The Labute approximate surface area is 146 Å². The summed E-state index contributed by atoms with van der Waals surface area (Å²) in [6, 6.07) is 1.53. The maximum atomic E-state index is 12.9. The highest BCUT2D eigenvalue weighted by Crippen LogP contribution is 2.29.